The number of esters is 1. The maximum atomic E-state index is 13.7. The molecule has 8 nitrogen and oxygen atoms in total. The van der Waals surface area contributed by atoms with Crippen LogP contribution in [-0.2, 0) is 4.74 Å². The number of fused-ring (bicyclic) bond motifs is 1. The highest BCUT2D eigenvalue weighted by molar-refractivity contribution is 6.12. The average molecular weight is 484 g/mol. The van der Waals surface area contributed by atoms with Gasteiger partial charge in [0.15, 0.2) is 0 Å². The Labute approximate surface area is 208 Å². The summed E-state index contributed by atoms with van der Waals surface area (Å²) in [6, 6.07) is 20.5. The van der Waals surface area contributed by atoms with Gasteiger partial charge in [-0.1, -0.05) is 12.1 Å². The SMILES string of the molecule is CCOC(=O)c1ccc(N2C(=O)c3[nH]nc(-c4ccc(OCC)cc4)c3[C@@H]2c2cccc(O)c2)cc1. The molecule has 2 heterocycles. The van der Waals surface area contributed by atoms with Gasteiger partial charge in [-0.05, 0) is 80.1 Å². The van der Waals surface area contributed by atoms with Crippen LogP contribution in [0.15, 0.2) is 72.8 Å². The van der Waals surface area contributed by atoms with E-state index in [1.54, 1.807) is 54.3 Å². The first-order chi connectivity index (χ1) is 17.5. The van der Waals surface area contributed by atoms with Crippen LogP contribution < -0.4 is 9.64 Å². The molecule has 1 aliphatic heterocycles. The summed E-state index contributed by atoms with van der Waals surface area (Å²) < 4.78 is 10.6. The van der Waals surface area contributed by atoms with Gasteiger partial charge in [-0.2, -0.15) is 5.10 Å². The molecule has 0 saturated carbocycles. The van der Waals surface area contributed by atoms with E-state index >= 15 is 0 Å². The molecule has 2 N–H and O–H groups in total. The third-order valence-corrected chi connectivity index (χ3v) is 6.05. The Hall–Kier alpha value is -4.59. The minimum Gasteiger partial charge on any atom is -0.508 e. The Bertz CT molecular complexity index is 1410. The molecule has 1 aliphatic rings. The van der Waals surface area contributed by atoms with E-state index in [-0.39, 0.29) is 18.3 Å². The fraction of sp³-hybridized carbons (Fsp3) is 0.179. The van der Waals surface area contributed by atoms with Gasteiger partial charge in [-0.25, -0.2) is 4.79 Å². The van der Waals surface area contributed by atoms with Crippen molar-refractivity contribution in [2.24, 2.45) is 0 Å². The molecule has 0 saturated heterocycles. The number of aromatic nitrogens is 2. The van der Waals surface area contributed by atoms with Gasteiger partial charge in [0, 0.05) is 16.8 Å². The summed E-state index contributed by atoms with van der Waals surface area (Å²) in [6.45, 7) is 4.52. The number of hydrogen-bond donors (Lipinski definition) is 2. The molecule has 0 fully saturated rings. The summed E-state index contributed by atoms with van der Waals surface area (Å²) in [6.07, 6.45) is 0. The number of benzene rings is 3. The maximum Gasteiger partial charge on any atom is 0.338 e. The topological polar surface area (TPSA) is 105 Å². The molecular weight excluding hydrogens is 458 g/mol. The molecule has 0 spiro atoms. The van der Waals surface area contributed by atoms with E-state index in [0.717, 1.165) is 16.9 Å². The quantitative estimate of drug-likeness (QED) is 0.354. The number of nitrogens with zero attached hydrogens (tertiary/aromatic N) is 2. The van der Waals surface area contributed by atoms with Crippen molar-refractivity contribution in [3.8, 4) is 22.8 Å². The number of aromatic amines is 1. The molecule has 3 aromatic carbocycles. The number of amides is 1. The normalized spacial score (nSPS) is 14.6. The van der Waals surface area contributed by atoms with Gasteiger partial charge < -0.3 is 14.6 Å². The van der Waals surface area contributed by atoms with E-state index in [4.69, 9.17) is 9.47 Å². The minimum atomic E-state index is -0.548. The summed E-state index contributed by atoms with van der Waals surface area (Å²) in [5, 5.41) is 17.6. The number of hydrogen-bond acceptors (Lipinski definition) is 6. The number of phenolic OH excluding ortho intramolecular Hbond substituents is 1. The van der Waals surface area contributed by atoms with Gasteiger partial charge >= 0.3 is 5.97 Å². The van der Waals surface area contributed by atoms with E-state index < -0.39 is 12.0 Å². The van der Waals surface area contributed by atoms with Crippen molar-refractivity contribution in [3.05, 3.63) is 95.2 Å². The Morgan fingerprint density at radius 2 is 1.78 bits per heavy atom. The molecule has 1 amide bonds. The molecule has 0 unspecified atom stereocenters. The number of anilines is 1. The number of carbonyl (C=O) groups is 2. The molecule has 4 aromatic rings. The molecule has 1 aromatic heterocycles. The van der Waals surface area contributed by atoms with Crippen molar-refractivity contribution in [3.63, 3.8) is 0 Å². The second-order valence-electron chi connectivity index (χ2n) is 8.26. The second kappa shape index (κ2) is 9.58. The van der Waals surface area contributed by atoms with Crippen LogP contribution in [0.2, 0.25) is 0 Å². The summed E-state index contributed by atoms with van der Waals surface area (Å²) in [5.41, 5.74) is 4.28. The Morgan fingerprint density at radius 1 is 1.03 bits per heavy atom. The molecule has 8 heteroatoms. The zero-order valence-electron chi connectivity index (χ0n) is 19.9. The van der Waals surface area contributed by atoms with E-state index in [0.29, 0.717) is 34.8 Å². The van der Waals surface area contributed by atoms with Crippen LogP contribution in [0, 0.1) is 0 Å². The predicted molar refractivity (Wildman–Crippen MR) is 134 cm³/mol. The molecule has 0 radical (unpaired) electrons. The van der Waals surface area contributed by atoms with Crippen LogP contribution >= 0.6 is 0 Å². The molecule has 36 heavy (non-hydrogen) atoms. The summed E-state index contributed by atoms with van der Waals surface area (Å²) in [7, 11) is 0. The summed E-state index contributed by atoms with van der Waals surface area (Å²) >= 11 is 0. The first-order valence-corrected chi connectivity index (χ1v) is 11.7. The van der Waals surface area contributed by atoms with Gasteiger partial charge in [0.2, 0.25) is 0 Å². The predicted octanol–water partition coefficient (Wildman–Crippen LogP) is 5.11. The fourth-order valence-corrected chi connectivity index (χ4v) is 4.49. The number of H-pyrrole nitrogens is 1. The third kappa shape index (κ3) is 4.07. The minimum absolute atomic E-state index is 0.0946. The highest BCUT2D eigenvalue weighted by Gasteiger charge is 2.43. The summed E-state index contributed by atoms with van der Waals surface area (Å²) in [4.78, 5) is 27.4. The van der Waals surface area contributed by atoms with E-state index in [1.807, 2.05) is 37.3 Å². The monoisotopic (exact) mass is 483 g/mol. The van der Waals surface area contributed by atoms with Crippen LogP contribution in [0.4, 0.5) is 5.69 Å². The number of carbonyl (C=O) groups excluding carboxylic acids is 2. The number of phenols is 1. The largest absolute Gasteiger partial charge is 0.508 e. The number of ether oxygens (including phenoxy) is 2. The van der Waals surface area contributed by atoms with Crippen molar-refractivity contribution >= 4 is 17.6 Å². The van der Waals surface area contributed by atoms with Crippen LogP contribution in [0.3, 0.4) is 0 Å². The standard InChI is InChI=1S/C28H25N3O5/c1-3-35-22-14-10-17(11-15-22)24-23-25(30-29-24)27(33)31(26(23)19-6-5-7-21(32)16-19)20-12-8-18(9-13-20)28(34)36-4-2/h5-16,26,32H,3-4H2,1-2H3,(H,29,30)/t26-/m0/s1. The lowest BCUT2D eigenvalue weighted by molar-refractivity contribution is 0.0526. The van der Waals surface area contributed by atoms with Crippen molar-refractivity contribution in [1.29, 1.82) is 0 Å². The Morgan fingerprint density at radius 3 is 2.44 bits per heavy atom. The lowest BCUT2D eigenvalue weighted by Gasteiger charge is -2.26. The Balaban J connectivity index is 1.60. The zero-order chi connectivity index (χ0) is 25.2. The molecule has 1 atom stereocenters. The van der Waals surface area contributed by atoms with E-state index in [9.17, 15) is 14.7 Å². The number of rotatable bonds is 7. The van der Waals surface area contributed by atoms with Crippen molar-refractivity contribution < 1.29 is 24.2 Å². The van der Waals surface area contributed by atoms with Gasteiger partial charge in [-0.3, -0.25) is 14.8 Å². The molecule has 182 valence electrons. The maximum absolute atomic E-state index is 13.7. The zero-order valence-corrected chi connectivity index (χ0v) is 19.9. The number of aromatic hydroxyl groups is 1. The van der Waals surface area contributed by atoms with Crippen molar-refractivity contribution in [2.75, 3.05) is 18.1 Å². The van der Waals surface area contributed by atoms with Gasteiger partial charge in [-0.15, -0.1) is 0 Å². The first-order valence-electron chi connectivity index (χ1n) is 11.7. The van der Waals surface area contributed by atoms with Crippen LogP contribution in [0.1, 0.15) is 51.9 Å². The Kier molecular flexibility index (Phi) is 6.16. The fourth-order valence-electron chi connectivity index (χ4n) is 4.49. The molecule has 5 rings (SSSR count). The average Bonchev–Trinajstić information content (AvgIpc) is 3.44. The summed E-state index contributed by atoms with van der Waals surface area (Å²) in [5.74, 6) is 0.162. The molecule has 0 bridgehead atoms. The van der Waals surface area contributed by atoms with Crippen LogP contribution in [0.25, 0.3) is 11.3 Å². The number of nitrogens with one attached hydrogen (secondary N) is 1. The lowest BCUT2D eigenvalue weighted by atomic mass is 9.95. The molecule has 0 aliphatic carbocycles. The highest BCUT2D eigenvalue weighted by Crippen LogP contribution is 2.45. The van der Waals surface area contributed by atoms with Crippen LogP contribution in [0.5, 0.6) is 11.5 Å². The van der Waals surface area contributed by atoms with Crippen molar-refractivity contribution in [1.82, 2.24) is 10.2 Å². The van der Waals surface area contributed by atoms with E-state index in [1.165, 1.54) is 0 Å². The van der Waals surface area contributed by atoms with Crippen molar-refractivity contribution in [2.45, 2.75) is 19.9 Å². The van der Waals surface area contributed by atoms with Gasteiger partial charge in [0.1, 0.15) is 17.2 Å². The smallest absolute Gasteiger partial charge is 0.338 e. The first kappa shape index (κ1) is 23.2. The third-order valence-electron chi connectivity index (χ3n) is 6.05. The van der Waals surface area contributed by atoms with Crippen LogP contribution in [-0.4, -0.2) is 40.4 Å². The molecular formula is C28H25N3O5. The van der Waals surface area contributed by atoms with Gasteiger partial charge in [0.05, 0.1) is 30.5 Å². The lowest BCUT2D eigenvalue weighted by Crippen LogP contribution is -2.29. The highest BCUT2D eigenvalue weighted by atomic mass is 16.5. The van der Waals surface area contributed by atoms with Gasteiger partial charge in [0.25, 0.3) is 5.91 Å². The second-order valence-corrected chi connectivity index (χ2v) is 8.26. The van der Waals surface area contributed by atoms with E-state index in [2.05, 4.69) is 10.2 Å².